The molecule has 1 aliphatic heterocycles. The molecule has 2 aromatic carbocycles. The minimum Gasteiger partial charge on any atom is -0.406 e. The SMILES string of the molecule is O=C(ON1C(=O)c2ccccc2C1=O)[C@H]1C[C@@H]1c1cccc(OC(F)(F)F)c1. The molecule has 0 bridgehead atoms. The van der Waals surface area contributed by atoms with Gasteiger partial charge in [0.2, 0.25) is 0 Å². The maximum Gasteiger partial charge on any atom is 0.573 e. The molecule has 2 aliphatic rings. The Balaban J connectivity index is 1.43. The zero-order valence-electron chi connectivity index (χ0n) is 14.1. The van der Waals surface area contributed by atoms with Gasteiger partial charge in [0.25, 0.3) is 11.8 Å². The van der Waals surface area contributed by atoms with E-state index < -0.39 is 30.1 Å². The first-order valence-electron chi connectivity index (χ1n) is 8.30. The number of amides is 2. The van der Waals surface area contributed by atoms with E-state index in [-0.39, 0.29) is 22.8 Å². The first-order chi connectivity index (χ1) is 13.2. The Morgan fingerprint density at radius 2 is 1.64 bits per heavy atom. The number of hydrogen-bond donors (Lipinski definition) is 0. The summed E-state index contributed by atoms with van der Waals surface area (Å²) in [5.41, 5.74) is 0.764. The van der Waals surface area contributed by atoms with Crippen LogP contribution in [0.25, 0.3) is 0 Å². The minimum absolute atomic E-state index is 0.143. The van der Waals surface area contributed by atoms with Crippen LogP contribution in [0, 0.1) is 5.92 Å². The lowest BCUT2D eigenvalue weighted by molar-refractivity contribution is -0.274. The average Bonchev–Trinajstić information content (AvgIpc) is 3.41. The van der Waals surface area contributed by atoms with Gasteiger partial charge in [-0.3, -0.25) is 9.59 Å². The normalized spacial score (nSPS) is 20.8. The monoisotopic (exact) mass is 391 g/mol. The van der Waals surface area contributed by atoms with Crippen molar-refractivity contribution >= 4 is 17.8 Å². The Morgan fingerprint density at radius 3 is 2.25 bits per heavy atom. The molecule has 1 aliphatic carbocycles. The number of halogens is 3. The molecule has 144 valence electrons. The number of nitrogens with zero attached hydrogens (tertiary/aromatic N) is 1. The van der Waals surface area contributed by atoms with Crippen LogP contribution < -0.4 is 4.74 Å². The average molecular weight is 391 g/mol. The van der Waals surface area contributed by atoms with E-state index in [1.807, 2.05) is 0 Å². The van der Waals surface area contributed by atoms with E-state index in [2.05, 4.69) is 4.74 Å². The molecule has 1 saturated carbocycles. The molecule has 0 unspecified atom stereocenters. The van der Waals surface area contributed by atoms with Crippen molar-refractivity contribution < 1.29 is 37.1 Å². The number of fused-ring (bicyclic) bond motifs is 1. The van der Waals surface area contributed by atoms with Crippen LogP contribution in [0.2, 0.25) is 0 Å². The Kier molecular flexibility index (Phi) is 4.10. The van der Waals surface area contributed by atoms with Gasteiger partial charge >= 0.3 is 12.3 Å². The van der Waals surface area contributed by atoms with Gasteiger partial charge in [0.15, 0.2) is 0 Å². The van der Waals surface area contributed by atoms with Crippen LogP contribution in [-0.4, -0.2) is 29.2 Å². The Labute approximate surface area is 156 Å². The zero-order chi connectivity index (χ0) is 20.1. The fourth-order valence-corrected chi connectivity index (χ4v) is 3.17. The lowest BCUT2D eigenvalue weighted by Crippen LogP contribution is -2.33. The van der Waals surface area contributed by atoms with Crippen LogP contribution in [0.1, 0.15) is 38.6 Å². The first-order valence-corrected chi connectivity index (χ1v) is 8.30. The zero-order valence-corrected chi connectivity index (χ0v) is 14.1. The summed E-state index contributed by atoms with van der Waals surface area (Å²) in [5, 5.41) is 0.422. The third kappa shape index (κ3) is 3.30. The molecule has 6 nitrogen and oxygen atoms in total. The van der Waals surface area contributed by atoms with Crippen LogP contribution in [0.4, 0.5) is 13.2 Å². The van der Waals surface area contributed by atoms with Crippen LogP contribution in [0.3, 0.4) is 0 Å². The summed E-state index contributed by atoms with van der Waals surface area (Å²) in [6.07, 6.45) is -4.48. The highest BCUT2D eigenvalue weighted by molar-refractivity contribution is 6.20. The molecule has 0 saturated heterocycles. The lowest BCUT2D eigenvalue weighted by Gasteiger charge is -2.13. The first kappa shape index (κ1) is 18.0. The highest BCUT2D eigenvalue weighted by Crippen LogP contribution is 2.49. The van der Waals surface area contributed by atoms with Crippen molar-refractivity contribution in [2.45, 2.75) is 18.7 Å². The summed E-state index contributed by atoms with van der Waals surface area (Å²) in [6.45, 7) is 0. The number of benzene rings is 2. The van der Waals surface area contributed by atoms with Crippen molar-refractivity contribution in [3.8, 4) is 5.75 Å². The minimum atomic E-state index is -4.81. The molecule has 0 N–H and O–H groups in total. The maximum atomic E-state index is 12.3. The number of rotatable bonds is 4. The second-order valence-electron chi connectivity index (χ2n) is 6.43. The van der Waals surface area contributed by atoms with Gasteiger partial charge < -0.3 is 9.57 Å². The second kappa shape index (κ2) is 6.36. The highest BCUT2D eigenvalue weighted by Gasteiger charge is 2.48. The van der Waals surface area contributed by atoms with Crippen molar-refractivity contribution in [2.75, 3.05) is 0 Å². The van der Waals surface area contributed by atoms with Crippen molar-refractivity contribution in [1.29, 1.82) is 0 Å². The van der Waals surface area contributed by atoms with Gasteiger partial charge in [0.05, 0.1) is 17.0 Å². The number of imide groups is 1. The molecule has 9 heteroatoms. The maximum absolute atomic E-state index is 12.3. The topological polar surface area (TPSA) is 72.9 Å². The lowest BCUT2D eigenvalue weighted by atomic mass is 10.1. The van der Waals surface area contributed by atoms with Gasteiger partial charge in [-0.15, -0.1) is 13.2 Å². The quantitative estimate of drug-likeness (QED) is 0.747. The molecule has 28 heavy (non-hydrogen) atoms. The smallest absolute Gasteiger partial charge is 0.406 e. The molecule has 0 spiro atoms. The third-order valence-corrected chi connectivity index (χ3v) is 4.55. The molecule has 1 fully saturated rings. The molecule has 2 amide bonds. The van der Waals surface area contributed by atoms with Crippen LogP contribution in [-0.2, 0) is 9.63 Å². The molecular weight excluding hydrogens is 379 g/mol. The molecule has 0 radical (unpaired) electrons. The number of ether oxygens (including phenoxy) is 1. The summed E-state index contributed by atoms with van der Waals surface area (Å²) in [7, 11) is 0. The van der Waals surface area contributed by atoms with E-state index in [9.17, 15) is 27.6 Å². The van der Waals surface area contributed by atoms with Gasteiger partial charge in [0, 0.05) is 0 Å². The number of hydroxylamine groups is 2. The fraction of sp³-hybridized carbons (Fsp3) is 0.211. The fourth-order valence-electron chi connectivity index (χ4n) is 3.17. The molecule has 4 rings (SSSR count). The van der Waals surface area contributed by atoms with E-state index in [1.54, 1.807) is 18.2 Å². The molecule has 0 aromatic heterocycles. The van der Waals surface area contributed by atoms with Crippen LogP contribution in [0.5, 0.6) is 5.75 Å². The summed E-state index contributed by atoms with van der Waals surface area (Å²) in [6, 6.07) is 11.4. The van der Waals surface area contributed by atoms with Crippen molar-refractivity contribution in [1.82, 2.24) is 5.06 Å². The second-order valence-corrected chi connectivity index (χ2v) is 6.43. The molecular formula is C19H12F3NO5. The van der Waals surface area contributed by atoms with Crippen molar-refractivity contribution in [3.63, 3.8) is 0 Å². The van der Waals surface area contributed by atoms with Gasteiger partial charge in [-0.2, -0.15) is 0 Å². The summed E-state index contributed by atoms with van der Waals surface area (Å²) >= 11 is 0. The van der Waals surface area contributed by atoms with E-state index in [4.69, 9.17) is 4.84 Å². The molecule has 2 atom stereocenters. The van der Waals surface area contributed by atoms with Gasteiger partial charge in [-0.05, 0) is 42.2 Å². The summed E-state index contributed by atoms with van der Waals surface area (Å²) in [5.74, 6) is -3.67. The summed E-state index contributed by atoms with van der Waals surface area (Å²) < 4.78 is 40.9. The number of carbonyl (C=O) groups is 3. The molecule has 2 aromatic rings. The van der Waals surface area contributed by atoms with Crippen molar-refractivity contribution in [3.05, 3.63) is 65.2 Å². The number of carbonyl (C=O) groups excluding carboxylic acids is 3. The van der Waals surface area contributed by atoms with Gasteiger partial charge in [0.1, 0.15) is 5.75 Å². The summed E-state index contributed by atoms with van der Waals surface area (Å²) in [4.78, 5) is 41.7. The van der Waals surface area contributed by atoms with E-state index in [0.29, 0.717) is 17.0 Å². The van der Waals surface area contributed by atoms with E-state index >= 15 is 0 Å². The standard InChI is InChI=1S/C19H12F3NO5/c20-19(21,22)27-11-5-3-4-10(8-11)14-9-15(14)18(26)28-23-16(24)12-6-1-2-7-13(12)17(23)25/h1-8,14-15H,9H2/t14-,15+/m1/s1. The Hall–Kier alpha value is -3.36. The predicted octanol–water partition coefficient (Wildman–Crippen LogP) is 3.44. The third-order valence-electron chi connectivity index (χ3n) is 4.55. The number of hydrogen-bond acceptors (Lipinski definition) is 5. The van der Waals surface area contributed by atoms with Gasteiger partial charge in [-0.25, -0.2) is 4.79 Å². The van der Waals surface area contributed by atoms with E-state index in [1.165, 1.54) is 24.3 Å². The predicted molar refractivity (Wildman–Crippen MR) is 87.0 cm³/mol. The Morgan fingerprint density at radius 1 is 1.00 bits per heavy atom. The molecule has 1 heterocycles. The largest absolute Gasteiger partial charge is 0.573 e. The Bertz CT molecular complexity index is 953. The highest BCUT2D eigenvalue weighted by atomic mass is 19.4. The van der Waals surface area contributed by atoms with Gasteiger partial charge in [-0.1, -0.05) is 29.3 Å². The van der Waals surface area contributed by atoms with Crippen molar-refractivity contribution in [2.24, 2.45) is 5.92 Å². The van der Waals surface area contributed by atoms with E-state index in [0.717, 1.165) is 6.07 Å². The van der Waals surface area contributed by atoms with Crippen LogP contribution in [0.15, 0.2) is 48.5 Å². The van der Waals surface area contributed by atoms with Crippen LogP contribution >= 0.6 is 0 Å². The number of alkyl halides is 3.